The van der Waals surface area contributed by atoms with E-state index in [0.717, 1.165) is 5.56 Å². The van der Waals surface area contributed by atoms with Gasteiger partial charge in [-0.15, -0.1) is 0 Å². The number of rotatable bonds is 6. The van der Waals surface area contributed by atoms with E-state index < -0.39 is 53.6 Å². The quantitative estimate of drug-likeness (QED) is 0.356. The number of aliphatic hydroxyl groups is 1. The second kappa shape index (κ2) is 12.9. The third-order valence-electron chi connectivity index (χ3n) is 9.18. The zero-order chi connectivity index (χ0) is 30.9. The minimum Gasteiger partial charge on any atom is -0.460 e. The van der Waals surface area contributed by atoms with E-state index in [1.165, 1.54) is 4.90 Å². The number of fused-ring (bicyclic) bond motifs is 2. The topological polar surface area (TPSA) is 125 Å². The van der Waals surface area contributed by atoms with Gasteiger partial charge in [-0.05, 0) is 30.9 Å². The molecule has 5 rings (SSSR count). The normalized spacial score (nSPS) is 33.5. The van der Waals surface area contributed by atoms with Gasteiger partial charge in [-0.3, -0.25) is 19.2 Å². The van der Waals surface area contributed by atoms with Crippen LogP contribution in [0.25, 0.3) is 0 Å². The van der Waals surface area contributed by atoms with Crippen molar-refractivity contribution >= 4 is 39.6 Å². The van der Waals surface area contributed by atoms with Gasteiger partial charge in [0.05, 0.1) is 25.1 Å². The Kier molecular flexibility index (Phi) is 9.43. The maximum atomic E-state index is 14.8. The first kappa shape index (κ1) is 31.4. The van der Waals surface area contributed by atoms with Crippen LogP contribution >= 0.6 is 15.9 Å². The Balaban J connectivity index is 1.63. The molecular weight excluding hydrogens is 618 g/mol. The molecule has 0 aliphatic carbocycles. The van der Waals surface area contributed by atoms with Crippen molar-refractivity contribution in [3.05, 3.63) is 58.6 Å². The van der Waals surface area contributed by atoms with Crippen molar-refractivity contribution in [2.75, 3.05) is 19.7 Å². The van der Waals surface area contributed by atoms with Gasteiger partial charge in [0, 0.05) is 24.0 Å². The second-order valence-electron chi connectivity index (χ2n) is 12.0. The van der Waals surface area contributed by atoms with Crippen LogP contribution in [0.4, 0.5) is 0 Å². The number of cyclic esters (lactones) is 1. The fourth-order valence-corrected chi connectivity index (χ4v) is 7.52. The van der Waals surface area contributed by atoms with Crippen LogP contribution in [0.1, 0.15) is 45.6 Å². The molecule has 4 aliphatic rings. The highest BCUT2D eigenvalue weighted by atomic mass is 79.9. The minimum atomic E-state index is -1.42. The number of hydrogen-bond donors (Lipinski definition) is 2. The third kappa shape index (κ3) is 5.79. The number of amides is 3. The Hall–Kier alpha value is -3.02. The van der Waals surface area contributed by atoms with E-state index in [0.29, 0.717) is 17.3 Å². The largest absolute Gasteiger partial charge is 0.460 e. The number of carbonyl (C=O) groups is 4. The maximum absolute atomic E-state index is 14.8. The molecule has 1 aromatic rings. The zero-order valence-electron chi connectivity index (χ0n) is 24.8. The van der Waals surface area contributed by atoms with E-state index in [2.05, 4.69) is 21.2 Å². The number of hydrogen-bond acceptors (Lipinski definition) is 7. The lowest BCUT2D eigenvalue weighted by atomic mass is 9.74. The van der Waals surface area contributed by atoms with E-state index in [9.17, 15) is 24.3 Å². The van der Waals surface area contributed by atoms with Crippen molar-refractivity contribution in [2.45, 2.75) is 76.5 Å². The molecule has 11 heteroatoms. The summed E-state index contributed by atoms with van der Waals surface area (Å²) in [5.74, 6) is -3.68. The predicted molar refractivity (Wildman–Crippen MR) is 161 cm³/mol. The van der Waals surface area contributed by atoms with Gasteiger partial charge in [0.25, 0.3) is 0 Å². The third-order valence-corrected chi connectivity index (χ3v) is 9.86. The van der Waals surface area contributed by atoms with Crippen LogP contribution in [0, 0.1) is 17.8 Å². The lowest BCUT2D eigenvalue weighted by molar-refractivity contribution is -0.160. The van der Waals surface area contributed by atoms with Crippen molar-refractivity contribution in [1.29, 1.82) is 0 Å². The first-order valence-corrected chi connectivity index (χ1v) is 15.9. The first-order chi connectivity index (χ1) is 20.6. The smallest absolute Gasteiger partial charge is 0.313 e. The summed E-state index contributed by atoms with van der Waals surface area (Å²) in [4.78, 5) is 58.6. The highest BCUT2D eigenvalue weighted by molar-refractivity contribution is 9.11. The monoisotopic (exact) mass is 657 g/mol. The van der Waals surface area contributed by atoms with Crippen LogP contribution in [0.2, 0.25) is 0 Å². The molecule has 2 fully saturated rings. The van der Waals surface area contributed by atoms with Crippen molar-refractivity contribution in [3.63, 3.8) is 0 Å². The number of nitrogens with one attached hydrogen (secondary N) is 1. The van der Waals surface area contributed by atoms with E-state index in [-0.39, 0.29) is 50.4 Å². The number of aliphatic hydroxyl groups excluding tert-OH is 1. The molecule has 1 spiro atoms. The Morgan fingerprint density at radius 2 is 1.88 bits per heavy atom. The molecule has 0 unspecified atom stereocenters. The Morgan fingerprint density at radius 3 is 2.58 bits per heavy atom. The molecule has 4 aliphatic heterocycles. The van der Waals surface area contributed by atoms with E-state index in [1.54, 1.807) is 17.9 Å². The van der Waals surface area contributed by atoms with Crippen LogP contribution in [-0.4, -0.2) is 88.2 Å². The Labute approximate surface area is 260 Å². The summed E-state index contributed by atoms with van der Waals surface area (Å²) in [6.07, 6.45) is 5.45. The lowest BCUT2D eigenvalue weighted by Gasteiger charge is -2.40. The molecule has 2 N–H and O–H groups in total. The van der Waals surface area contributed by atoms with Gasteiger partial charge in [0.15, 0.2) is 0 Å². The minimum absolute atomic E-state index is 0.126. The summed E-state index contributed by atoms with van der Waals surface area (Å²) in [6.45, 7) is 5.89. The van der Waals surface area contributed by atoms with E-state index in [4.69, 9.17) is 9.47 Å². The molecule has 10 nitrogen and oxygen atoms in total. The van der Waals surface area contributed by atoms with Crippen molar-refractivity contribution < 1.29 is 33.8 Å². The second-order valence-corrected chi connectivity index (χ2v) is 12.9. The van der Waals surface area contributed by atoms with Gasteiger partial charge in [-0.1, -0.05) is 78.7 Å². The van der Waals surface area contributed by atoms with Crippen LogP contribution in [0.3, 0.4) is 0 Å². The zero-order valence-corrected chi connectivity index (χ0v) is 26.4. The van der Waals surface area contributed by atoms with Gasteiger partial charge in [0.2, 0.25) is 17.7 Å². The van der Waals surface area contributed by atoms with Crippen LogP contribution in [-0.2, 0) is 35.2 Å². The van der Waals surface area contributed by atoms with E-state index in [1.807, 2.05) is 56.3 Å². The summed E-state index contributed by atoms with van der Waals surface area (Å²) in [5.41, 5.74) is -0.518. The summed E-state index contributed by atoms with van der Waals surface area (Å²) in [7, 11) is 0. The van der Waals surface area contributed by atoms with E-state index >= 15 is 0 Å². The molecule has 1 aromatic carbocycles. The molecule has 232 valence electrons. The van der Waals surface area contributed by atoms with Crippen molar-refractivity contribution in [1.82, 2.24) is 15.1 Å². The molecule has 43 heavy (non-hydrogen) atoms. The molecule has 0 saturated carbocycles. The number of allylic oxidation sites excluding steroid dienone is 1. The van der Waals surface area contributed by atoms with Gasteiger partial charge in [0.1, 0.15) is 29.8 Å². The van der Waals surface area contributed by atoms with Crippen LogP contribution < -0.4 is 5.32 Å². The average Bonchev–Trinajstić information content (AvgIpc) is 3.58. The van der Waals surface area contributed by atoms with Crippen molar-refractivity contribution in [2.24, 2.45) is 17.8 Å². The predicted octanol–water partition coefficient (Wildman–Crippen LogP) is 2.69. The first-order valence-electron chi connectivity index (χ1n) is 15.1. The molecule has 4 heterocycles. The number of nitrogens with zero attached hydrogens (tertiary/aromatic N) is 2. The molecule has 2 saturated heterocycles. The van der Waals surface area contributed by atoms with Crippen molar-refractivity contribution in [3.8, 4) is 0 Å². The van der Waals surface area contributed by atoms with Gasteiger partial charge in [-0.25, -0.2) is 0 Å². The van der Waals surface area contributed by atoms with Crippen LogP contribution in [0.5, 0.6) is 0 Å². The fraction of sp³-hybridized carbons (Fsp3) is 0.562. The highest BCUT2D eigenvalue weighted by Gasteiger charge is 2.75. The summed E-state index contributed by atoms with van der Waals surface area (Å²) in [5, 5.41) is 13.4. The molecule has 3 amide bonds. The number of likely N-dealkylation sites (tertiary alicyclic amines) is 1. The fourth-order valence-electron chi connectivity index (χ4n) is 6.78. The molecular formula is C32H40BrN3O7. The number of carbonyl (C=O) groups excluding carboxylic acids is 4. The number of esters is 1. The molecule has 0 radical (unpaired) electrons. The highest BCUT2D eigenvalue weighted by Crippen LogP contribution is 2.59. The number of ether oxygens (including phenoxy) is 2. The average molecular weight is 659 g/mol. The van der Waals surface area contributed by atoms with Gasteiger partial charge >= 0.3 is 5.97 Å². The SMILES string of the molecule is CC[C@H](C)[C@H](CO)N1C(=O)[C@H]2[C@@H]3C(=O)O[C@H](C)CNC(=O)CC/C=C\CN(Cc4ccccc4)C(=O)[C@H]1[C@@]21C=C(Br)[C@@H]3O1. The molecule has 8 atom stereocenters. The maximum Gasteiger partial charge on any atom is 0.313 e. The standard InChI is InChI=1S/C32H40BrN3O7/c1-4-19(2)23(18-37)36-28-30(40)35(17-21-11-7-5-8-12-21)14-10-6-9-13-24(38)34-16-20(3)42-31(41)25-26(29(36)39)32(28)15-22(33)27(25)43-32/h5-8,10-12,15,19-20,23,25-28,37H,4,9,13-14,16-18H2,1-3H3,(H,34,38)/b10-6-/t19-,20+,23-,25-,26+,27-,28-,32+/m0/s1. The number of halogens is 1. The summed E-state index contributed by atoms with van der Waals surface area (Å²) in [6, 6.07) is 7.79. The number of benzene rings is 1. The molecule has 5 bridgehead atoms. The summed E-state index contributed by atoms with van der Waals surface area (Å²) >= 11 is 3.56. The molecule has 0 aromatic heterocycles. The van der Waals surface area contributed by atoms with Crippen LogP contribution in [0.15, 0.2) is 53.0 Å². The summed E-state index contributed by atoms with van der Waals surface area (Å²) < 4.78 is 12.9. The Bertz CT molecular complexity index is 1300. The van der Waals surface area contributed by atoms with Gasteiger partial charge < -0.3 is 29.7 Å². The lowest BCUT2D eigenvalue weighted by Crippen LogP contribution is -2.59. The van der Waals surface area contributed by atoms with Gasteiger partial charge in [-0.2, -0.15) is 0 Å². The Morgan fingerprint density at radius 1 is 1.14 bits per heavy atom.